The van der Waals surface area contributed by atoms with E-state index < -0.39 is 12.0 Å². The SMILES string of the molecule is CC(N)C(=O)O.CCC1(C)NC=CN1. The molecule has 5 nitrogen and oxygen atoms in total. The Morgan fingerprint density at radius 3 is 2.07 bits per heavy atom. The zero-order chi connectivity index (χ0) is 11.2. The molecule has 0 saturated carbocycles. The maximum absolute atomic E-state index is 9.57. The third-order valence-corrected chi connectivity index (χ3v) is 1.98. The summed E-state index contributed by atoms with van der Waals surface area (Å²) in [5.74, 6) is -0.963. The molecular weight excluding hydrogens is 182 g/mol. The molecule has 5 heteroatoms. The quantitative estimate of drug-likeness (QED) is 0.512. The molecule has 0 radical (unpaired) electrons. The molecule has 14 heavy (non-hydrogen) atoms. The zero-order valence-corrected chi connectivity index (χ0v) is 8.87. The van der Waals surface area contributed by atoms with Gasteiger partial charge in [0.05, 0.1) is 0 Å². The average molecular weight is 201 g/mol. The molecule has 1 unspecified atom stereocenters. The van der Waals surface area contributed by atoms with E-state index in [9.17, 15) is 4.79 Å². The minimum atomic E-state index is -0.963. The third-order valence-electron chi connectivity index (χ3n) is 1.98. The molecule has 82 valence electrons. The Kier molecular flexibility index (Phi) is 5.01. The number of rotatable bonds is 2. The van der Waals surface area contributed by atoms with Crippen LogP contribution in [0.15, 0.2) is 12.4 Å². The Bertz CT molecular complexity index is 206. The monoisotopic (exact) mass is 201 g/mol. The fourth-order valence-electron chi connectivity index (χ4n) is 0.697. The molecule has 0 amide bonds. The van der Waals surface area contributed by atoms with Crippen molar-refractivity contribution in [2.45, 2.75) is 38.9 Å². The first-order valence-corrected chi connectivity index (χ1v) is 4.60. The lowest BCUT2D eigenvalue weighted by Gasteiger charge is -2.23. The second-order valence-electron chi connectivity index (χ2n) is 3.43. The molecule has 0 fully saturated rings. The van der Waals surface area contributed by atoms with E-state index in [1.54, 1.807) is 0 Å². The first-order chi connectivity index (χ1) is 6.41. The first kappa shape index (κ1) is 12.8. The van der Waals surface area contributed by atoms with Crippen LogP contribution in [0.1, 0.15) is 27.2 Å². The smallest absolute Gasteiger partial charge is 0.320 e. The van der Waals surface area contributed by atoms with Crippen LogP contribution in [0, 0.1) is 0 Å². The van der Waals surface area contributed by atoms with Crippen molar-refractivity contribution in [1.29, 1.82) is 0 Å². The Morgan fingerprint density at radius 1 is 1.57 bits per heavy atom. The van der Waals surface area contributed by atoms with Gasteiger partial charge in [-0.1, -0.05) is 6.92 Å². The van der Waals surface area contributed by atoms with Crippen LogP contribution in [0.4, 0.5) is 0 Å². The van der Waals surface area contributed by atoms with Crippen molar-refractivity contribution in [1.82, 2.24) is 10.6 Å². The summed E-state index contributed by atoms with van der Waals surface area (Å²) in [6.07, 6.45) is 4.97. The van der Waals surface area contributed by atoms with Crippen molar-refractivity contribution in [2.24, 2.45) is 5.73 Å². The largest absolute Gasteiger partial charge is 0.480 e. The summed E-state index contributed by atoms with van der Waals surface area (Å²) in [7, 11) is 0. The van der Waals surface area contributed by atoms with E-state index in [4.69, 9.17) is 10.8 Å². The molecule has 1 rings (SSSR count). The van der Waals surface area contributed by atoms with Crippen molar-refractivity contribution in [3.63, 3.8) is 0 Å². The van der Waals surface area contributed by atoms with Crippen molar-refractivity contribution in [2.75, 3.05) is 0 Å². The van der Waals surface area contributed by atoms with Gasteiger partial charge in [-0.25, -0.2) is 0 Å². The van der Waals surface area contributed by atoms with Gasteiger partial charge in [0.25, 0.3) is 0 Å². The van der Waals surface area contributed by atoms with Crippen LogP contribution < -0.4 is 16.4 Å². The molecule has 0 spiro atoms. The van der Waals surface area contributed by atoms with E-state index in [2.05, 4.69) is 24.5 Å². The maximum Gasteiger partial charge on any atom is 0.320 e. The van der Waals surface area contributed by atoms with Crippen LogP contribution in [-0.2, 0) is 4.79 Å². The second-order valence-corrected chi connectivity index (χ2v) is 3.43. The fourth-order valence-corrected chi connectivity index (χ4v) is 0.697. The van der Waals surface area contributed by atoms with E-state index in [-0.39, 0.29) is 5.66 Å². The van der Waals surface area contributed by atoms with Gasteiger partial charge < -0.3 is 21.5 Å². The molecule has 0 aromatic rings. The molecule has 0 aliphatic carbocycles. The van der Waals surface area contributed by atoms with Gasteiger partial charge >= 0.3 is 5.97 Å². The van der Waals surface area contributed by atoms with Crippen LogP contribution in [-0.4, -0.2) is 22.8 Å². The summed E-state index contributed by atoms with van der Waals surface area (Å²) < 4.78 is 0. The maximum atomic E-state index is 9.57. The number of nitrogens with two attached hydrogens (primary N) is 1. The molecule has 1 aliphatic heterocycles. The highest BCUT2D eigenvalue weighted by Gasteiger charge is 2.19. The Morgan fingerprint density at radius 2 is 1.93 bits per heavy atom. The summed E-state index contributed by atoms with van der Waals surface area (Å²) in [5.41, 5.74) is 4.96. The molecule has 0 saturated heterocycles. The third kappa shape index (κ3) is 4.71. The van der Waals surface area contributed by atoms with E-state index in [1.165, 1.54) is 6.92 Å². The van der Waals surface area contributed by atoms with Crippen molar-refractivity contribution < 1.29 is 9.90 Å². The van der Waals surface area contributed by atoms with E-state index in [1.807, 2.05) is 12.4 Å². The van der Waals surface area contributed by atoms with Crippen LogP contribution in [0.3, 0.4) is 0 Å². The van der Waals surface area contributed by atoms with Gasteiger partial charge in [-0.2, -0.15) is 0 Å². The topological polar surface area (TPSA) is 87.4 Å². The van der Waals surface area contributed by atoms with Crippen LogP contribution in [0.2, 0.25) is 0 Å². The number of hydrogen-bond acceptors (Lipinski definition) is 4. The molecule has 0 aromatic heterocycles. The van der Waals surface area contributed by atoms with Crippen LogP contribution in [0.25, 0.3) is 0 Å². The second kappa shape index (κ2) is 5.49. The molecule has 1 aliphatic rings. The van der Waals surface area contributed by atoms with Gasteiger partial charge in [0.2, 0.25) is 0 Å². The highest BCUT2D eigenvalue weighted by Crippen LogP contribution is 2.07. The van der Waals surface area contributed by atoms with Gasteiger partial charge in [-0.15, -0.1) is 0 Å². The fraction of sp³-hybridized carbons (Fsp3) is 0.667. The molecule has 0 aromatic carbocycles. The highest BCUT2D eigenvalue weighted by molar-refractivity contribution is 5.72. The lowest BCUT2D eigenvalue weighted by Crippen LogP contribution is -2.44. The lowest BCUT2D eigenvalue weighted by molar-refractivity contribution is -0.138. The van der Waals surface area contributed by atoms with Crippen LogP contribution in [0.5, 0.6) is 0 Å². The lowest BCUT2D eigenvalue weighted by atomic mass is 10.1. The standard InChI is InChI=1S/C6H12N2.C3H7NO2/c1-3-6(2)7-4-5-8-6;1-2(4)3(5)6/h4-5,7-8H,3H2,1-2H3;2H,4H2,1H3,(H,5,6). The molecule has 0 bridgehead atoms. The summed E-state index contributed by atoms with van der Waals surface area (Å²) >= 11 is 0. The zero-order valence-electron chi connectivity index (χ0n) is 8.87. The number of hydrogen-bond donors (Lipinski definition) is 4. The first-order valence-electron chi connectivity index (χ1n) is 4.60. The number of carboxylic acids is 1. The molecule has 1 heterocycles. The Labute approximate surface area is 84.4 Å². The van der Waals surface area contributed by atoms with Crippen molar-refractivity contribution in [3.8, 4) is 0 Å². The van der Waals surface area contributed by atoms with Gasteiger partial charge in [0, 0.05) is 12.4 Å². The number of aliphatic carboxylic acids is 1. The highest BCUT2D eigenvalue weighted by atomic mass is 16.4. The number of carbonyl (C=O) groups is 1. The van der Waals surface area contributed by atoms with Gasteiger partial charge in [-0.05, 0) is 20.3 Å². The normalized spacial score (nSPS) is 18.6. The predicted molar refractivity (Wildman–Crippen MR) is 55.4 cm³/mol. The van der Waals surface area contributed by atoms with Crippen molar-refractivity contribution >= 4 is 5.97 Å². The van der Waals surface area contributed by atoms with E-state index in [0.29, 0.717) is 0 Å². The van der Waals surface area contributed by atoms with E-state index >= 15 is 0 Å². The van der Waals surface area contributed by atoms with Crippen molar-refractivity contribution in [3.05, 3.63) is 12.4 Å². The van der Waals surface area contributed by atoms with Crippen LogP contribution >= 0.6 is 0 Å². The summed E-state index contributed by atoms with van der Waals surface area (Å²) in [6, 6.07) is -0.731. The Hall–Kier alpha value is -1.23. The van der Waals surface area contributed by atoms with Gasteiger partial charge in [0.1, 0.15) is 11.7 Å². The summed E-state index contributed by atoms with van der Waals surface area (Å²) in [5, 5.41) is 14.2. The van der Waals surface area contributed by atoms with E-state index in [0.717, 1.165) is 6.42 Å². The molecule has 1 atom stereocenters. The predicted octanol–water partition coefficient (Wildman–Crippen LogP) is 0.195. The number of carboxylic acid groups (broad SMARTS) is 1. The Balaban J connectivity index is 0.000000255. The summed E-state index contributed by atoms with van der Waals surface area (Å²) in [6.45, 7) is 5.70. The molecular formula is C9H19N3O2. The number of nitrogens with one attached hydrogen (secondary N) is 2. The minimum Gasteiger partial charge on any atom is -0.480 e. The molecule has 5 N–H and O–H groups in total. The summed E-state index contributed by atoms with van der Waals surface area (Å²) in [4.78, 5) is 9.57. The van der Waals surface area contributed by atoms with Gasteiger partial charge in [0.15, 0.2) is 0 Å². The van der Waals surface area contributed by atoms with Gasteiger partial charge in [-0.3, -0.25) is 4.79 Å². The average Bonchev–Trinajstić information content (AvgIpc) is 2.54. The minimum absolute atomic E-state index is 0.125.